The van der Waals surface area contributed by atoms with E-state index in [2.05, 4.69) is 12.2 Å². The van der Waals surface area contributed by atoms with E-state index in [4.69, 9.17) is 23.2 Å². The van der Waals surface area contributed by atoms with Gasteiger partial charge in [0, 0.05) is 25.2 Å². The van der Waals surface area contributed by atoms with Crippen molar-refractivity contribution >= 4 is 33.2 Å². The van der Waals surface area contributed by atoms with Gasteiger partial charge in [-0.15, -0.1) is 0 Å². The number of nitrogens with zero attached hydrogens (tertiary/aromatic N) is 1. The average Bonchev–Trinajstić information content (AvgIpc) is 2.40. The van der Waals surface area contributed by atoms with Gasteiger partial charge in [-0.1, -0.05) is 37.0 Å². The predicted octanol–water partition coefficient (Wildman–Crippen LogP) is 3.13. The minimum Gasteiger partial charge on any atom is -0.313 e. The Labute approximate surface area is 131 Å². The molecule has 0 amide bonds. The zero-order valence-corrected chi connectivity index (χ0v) is 14.2. The Morgan fingerprint density at radius 1 is 1.20 bits per heavy atom. The molecule has 0 unspecified atom stereocenters. The van der Waals surface area contributed by atoms with Gasteiger partial charge in [-0.25, -0.2) is 12.7 Å². The molecule has 0 radical (unpaired) electrons. The van der Waals surface area contributed by atoms with E-state index >= 15 is 0 Å². The zero-order chi connectivity index (χ0) is 15.3. The number of nitrogens with one attached hydrogen (secondary N) is 1. The molecule has 1 rings (SSSR count). The van der Waals surface area contributed by atoms with Crippen molar-refractivity contribution in [2.75, 3.05) is 20.1 Å². The van der Waals surface area contributed by atoms with Gasteiger partial charge in [0.25, 0.3) is 0 Å². The van der Waals surface area contributed by atoms with Gasteiger partial charge in [-0.2, -0.15) is 0 Å². The highest BCUT2D eigenvalue weighted by molar-refractivity contribution is 7.89. The summed E-state index contributed by atoms with van der Waals surface area (Å²) in [5, 5.41) is 3.81. The molecule has 0 aliphatic carbocycles. The SMILES string of the molecule is CCCNCc1cc(S(=O)(=O)N(C)CC)c(Cl)cc1Cl. The third kappa shape index (κ3) is 4.09. The Morgan fingerprint density at radius 2 is 1.85 bits per heavy atom. The summed E-state index contributed by atoms with van der Waals surface area (Å²) in [6.45, 7) is 5.57. The Kier molecular flexibility index (Phi) is 6.75. The lowest BCUT2D eigenvalue weighted by Crippen LogP contribution is -2.27. The molecule has 7 heteroatoms. The molecule has 0 atom stereocenters. The third-order valence-electron chi connectivity index (χ3n) is 2.98. The summed E-state index contributed by atoms with van der Waals surface area (Å²) in [5.74, 6) is 0. The van der Waals surface area contributed by atoms with Gasteiger partial charge >= 0.3 is 0 Å². The lowest BCUT2D eigenvalue weighted by molar-refractivity contribution is 0.486. The van der Waals surface area contributed by atoms with E-state index in [0.29, 0.717) is 18.1 Å². The highest BCUT2D eigenvalue weighted by Gasteiger charge is 2.23. The Bertz CT molecular complexity index is 562. The molecule has 0 spiro atoms. The number of sulfonamides is 1. The Morgan fingerprint density at radius 3 is 2.40 bits per heavy atom. The fraction of sp³-hybridized carbons (Fsp3) is 0.538. The molecule has 20 heavy (non-hydrogen) atoms. The second kappa shape index (κ2) is 7.61. The van der Waals surface area contributed by atoms with Crippen LogP contribution in [-0.2, 0) is 16.6 Å². The maximum atomic E-state index is 12.4. The van der Waals surface area contributed by atoms with Crippen LogP contribution in [-0.4, -0.2) is 32.9 Å². The topological polar surface area (TPSA) is 49.4 Å². The maximum absolute atomic E-state index is 12.4. The van der Waals surface area contributed by atoms with E-state index in [1.54, 1.807) is 13.0 Å². The van der Waals surface area contributed by atoms with Crippen LogP contribution in [0.25, 0.3) is 0 Å². The van der Waals surface area contributed by atoms with Crippen LogP contribution in [0.5, 0.6) is 0 Å². The molecule has 1 aromatic rings. The smallest absolute Gasteiger partial charge is 0.244 e. The van der Waals surface area contributed by atoms with Gasteiger partial charge in [-0.3, -0.25) is 0 Å². The van der Waals surface area contributed by atoms with E-state index in [1.165, 1.54) is 17.4 Å². The number of hydrogen-bond acceptors (Lipinski definition) is 3. The molecule has 0 saturated heterocycles. The van der Waals surface area contributed by atoms with E-state index in [0.717, 1.165) is 18.5 Å². The van der Waals surface area contributed by atoms with Crippen LogP contribution in [0.3, 0.4) is 0 Å². The highest BCUT2D eigenvalue weighted by Crippen LogP contribution is 2.30. The van der Waals surface area contributed by atoms with E-state index in [9.17, 15) is 8.42 Å². The standard InChI is InChI=1S/C13H20Cl2N2O2S/c1-4-6-16-9-10-7-13(12(15)8-11(10)14)20(18,19)17(3)5-2/h7-8,16H,4-6,9H2,1-3H3. The molecular weight excluding hydrogens is 319 g/mol. The molecule has 1 aromatic carbocycles. The molecule has 0 bridgehead atoms. The second-order valence-electron chi connectivity index (χ2n) is 4.47. The molecule has 0 aromatic heterocycles. The summed E-state index contributed by atoms with van der Waals surface area (Å²) in [6.07, 6.45) is 0.995. The van der Waals surface area contributed by atoms with E-state index in [-0.39, 0.29) is 9.92 Å². The first-order chi connectivity index (χ1) is 9.34. The summed E-state index contributed by atoms with van der Waals surface area (Å²) >= 11 is 12.1. The number of hydrogen-bond donors (Lipinski definition) is 1. The van der Waals surface area contributed by atoms with E-state index in [1.807, 2.05) is 0 Å². The van der Waals surface area contributed by atoms with Crippen molar-refractivity contribution in [3.8, 4) is 0 Å². The first-order valence-corrected chi connectivity index (χ1v) is 8.69. The summed E-state index contributed by atoms with van der Waals surface area (Å²) < 4.78 is 26.0. The van der Waals surface area contributed by atoms with Gasteiger partial charge in [0.05, 0.1) is 5.02 Å². The fourth-order valence-corrected chi connectivity index (χ4v) is 3.66. The van der Waals surface area contributed by atoms with Gasteiger partial charge in [-0.05, 0) is 30.7 Å². The Hall–Kier alpha value is -0.330. The fourth-order valence-electron chi connectivity index (χ4n) is 1.64. The van der Waals surface area contributed by atoms with Crippen LogP contribution >= 0.6 is 23.2 Å². The van der Waals surface area contributed by atoms with Crippen LogP contribution in [0.2, 0.25) is 10.0 Å². The number of benzene rings is 1. The maximum Gasteiger partial charge on any atom is 0.244 e. The minimum atomic E-state index is -3.57. The largest absolute Gasteiger partial charge is 0.313 e. The summed E-state index contributed by atoms with van der Waals surface area (Å²) in [6, 6.07) is 3.04. The zero-order valence-electron chi connectivity index (χ0n) is 11.9. The molecule has 114 valence electrons. The third-order valence-corrected chi connectivity index (χ3v) is 5.73. The minimum absolute atomic E-state index is 0.0983. The number of halogens is 2. The summed E-state index contributed by atoms with van der Waals surface area (Å²) in [7, 11) is -2.05. The van der Waals surface area contributed by atoms with Gasteiger partial charge in [0.15, 0.2) is 0 Å². The molecular formula is C13H20Cl2N2O2S. The average molecular weight is 339 g/mol. The van der Waals surface area contributed by atoms with Crippen molar-refractivity contribution in [2.24, 2.45) is 0 Å². The van der Waals surface area contributed by atoms with Crippen molar-refractivity contribution in [1.29, 1.82) is 0 Å². The molecule has 1 N–H and O–H groups in total. The lowest BCUT2D eigenvalue weighted by Gasteiger charge is -2.17. The molecule has 0 aliphatic rings. The predicted molar refractivity (Wildman–Crippen MR) is 83.9 cm³/mol. The summed E-state index contributed by atoms with van der Waals surface area (Å²) in [4.78, 5) is 0.0983. The molecule has 0 fully saturated rings. The van der Waals surface area contributed by atoms with Crippen LogP contribution in [0, 0.1) is 0 Å². The summed E-state index contributed by atoms with van der Waals surface area (Å²) in [5.41, 5.74) is 0.729. The van der Waals surface area contributed by atoms with E-state index < -0.39 is 10.0 Å². The lowest BCUT2D eigenvalue weighted by atomic mass is 10.2. The molecule has 0 aliphatic heterocycles. The van der Waals surface area contributed by atoms with Crippen molar-refractivity contribution in [3.63, 3.8) is 0 Å². The molecule has 0 heterocycles. The van der Waals surface area contributed by atoms with Crippen LogP contribution in [0.4, 0.5) is 0 Å². The van der Waals surface area contributed by atoms with Crippen molar-refractivity contribution in [3.05, 3.63) is 27.7 Å². The van der Waals surface area contributed by atoms with Crippen LogP contribution in [0.15, 0.2) is 17.0 Å². The number of rotatable bonds is 7. The van der Waals surface area contributed by atoms with Crippen molar-refractivity contribution < 1.29 is 8.42 Å². The normalized spacial score (nSPS) is 12.1. The second-order valence-corrected chi connectivity index (χ2v) is 7.30. The quantitative estimate of drug-likeness (QED) is 0.777. The monoisotopic (exact) mass is 338 g/mol. The van der Waals surface area contributed by atoms with Crippen molar-refractivity contribution in [1.82, 2.24) is 9.62 Å². The highest BCUT2D eigenvalue weighted by atomic mass is 35.5. The van der Waals surface area contributed by atoms with Gasteiger partial charge < -0.3 is 5.32 Å². The Balaban J connectivity index is 3.18. The van der Waals surface area contributed by atoms with Gasteiger partial charge in [0.2, 0.25) is 10.0 Å². The molecule has 0 saturated carbocycles. The first kappa shape index (κ1) is 17.7. The van der Waals surface area contributed by atoms with Gasteiger partial charge in [0.1, 0.15) is 4.90 Å². The van der Waals surface area contributed by atoms with Crippen molar-refractivity contribution in [2.45, 2.75) is 31.7 Å². The first-order valence-electron chi connectivity index (χ1n) is 6.49. The molecule has 4 nitrogen and oxygen atoms in total. The van der Waals surface area contributed by atoms with Crippen LogP contribution in [0.1, 0.15) is 25.8 Å². The van der Waals surface area contributed by atoms with Crippen LogP contribution < -0.4 is 5.32 Å².